The van der Waals surface area contributed by atoms with E-state index < -0.39 is 0 Å². The third kappa shape index (κ3) is 6.57. The summed E-state index contributed by atoms with van der Waals surface area (Å²) in [6.07, 6.45) is 9.04. The van der Waals surface area contributed by atoms with Crippen molar-refractivity contribution in [3.05, 3.63) is 151 Å². The third-order valence-corrected chi connectivity index (χ3v) is 6.99. The van der Waals surface area contributed by atoms with Crippen molar-refractivity contribution in [3.8, 4) is 11.3 Å². The van der Waals surface area contributed by atoms with Gasteiger partial charge in [0, 0.05) is 69.6 Å². The summed E-state index contributed by atoms with van der Waals surface area (Å²) in [5.41, 5.74) is 8.46. The number of aromatic nitrogens is 5. The molecule has 0 atom stereocenters. The molecule has 0 aliphatic heterocycles. The normalized spacial score (nSPS) is 10.4. The van der Waals surface area contributed by atoms with Crippen molar-refractivity contribution in [2.75, 3.05) is 0 Å². The van der Waals surface area contributed by atoms with Crippen LogP contribution in [0.2, 0.25) is 0 Å². The first-order valence-corrected chi connectivity index (χ1v) is 13.8. The van der Waals surface area contributed by atoms with E-state index in [2.05, 4.69) is 81.2 Å². The van der Waals surface area contributed by atoms with E-state index in [-0.39, 0.29) is 17.1 Å². The van der Waals surface area contributed by atoms with Gasteiger partial charge in [0.1, 0.15) is 0 Å². The molecule has 0 fully saturated rings. The number of rotatable bonds is 1. The van der Waals surface area contributed by atoms with Crippen molar-refractivity contribution in [3.63, 3.8) is 0 Å². The van der Waals surface area contributed by atoms with Gasteiger partial charge in [0.05, 0.1) is 22.1 Å². The summed E-state index contributed by atoms with van der Waals surface area (Å²) >= 11 is 0. The first kappa shape index (κ1) is 29.5. The average Bonchev–Trinajstić information content (AvgIpc) is 3.07. The van der Waals surface area contributed by atoms with Crippen molar-refractivity contribution in [1.82, 2.24) is 24.9 Å². The van der Waals surface area contributed by atoms with E-state index in [1.807, 2.05) is 91.5 Å². The summed E-state index contributed by atoms with van der Waals surface area (Å²) in [4.78, 5) is 21.8. The topological polar surface area (TPSA) is 64.5 Å². The quantitative estimate of drug-likeness (QED) is 0.107. The van der Waals surface area contributed by atoms with E-state index in [9.17, 15) is 0 Å². The molecule has 5 aromatic heterocycles. The monoisotopic (exact) mass is 598 g/mol. The van der Waals surface area contributed by atoms with E-state index in [0.29, 0.717) is 0 Å². The number of nitrogens with zero attached hydrogens (tertiary/aromatic N) is 5. The molecule has 8 aromatic rings. The predicted octanol–water partition coefficient (Wildman–Crippen LogP) is 8.73. The standard InChI is InChI=1S/2C13H10N2.C11H8N.Fe/c2*1-9-8-10-4-2-6-14-12(10)13-11(9)5-3-7-15-13;1-2-6-10(7-3-1)11-8-4-5-9-12-11;/h2*2-8H,1H3;1-6,8-9H;/q;;-1;. The molecular formula is C37H28FeN5-. The minimum absolute atomic E-state index is 0. The maximum absolute atomic E-state index is 4.41. The van der Waals surface area contributed by atoms with Gasteiger partial charge in [-0.1, -0.05) is 36.4 Å². The molecule has 0 radical (unpaired) electrons. The minimum atomic E-state index is 0. The zero-order chi connectivity index (χ0) is 28.7. The van der Waals surface area contributed by atoms with Gasteiger partial charge < -0.3 is 4.98 Å². The van der Waals surface area contributed by atoms with Gasteiger partial charge in [-0.05, 0) is 73.1 Å². The van der Waals surface area contributed by atoms with Gasteiger partial charge >= 0.3 is 0 Å². The molecule has 5 heterocycles. The molecular weight excluding hydrogens is 570 g/mol. The summed E-state index contributed by atoms with van der Waals surface area (Å²) in [7, 11) is 0. The number of aryl methyl sites for hydroxylation is 2. The Balaban J connectivity index is 0.000000128. The molecule has 0 spiro atoms. The number of hydrogen-bond acceptors (Lipinski definition) is 5. The Morgan fingerprint density at radius 2 is 0.953 bits per heavy atom. The van der Waals surface area contributed by atoms with Crippen LogP contribution in [0.25, 0.3) is 54.9 Å². The molecule has 8 rings (SSSR count). The van der Waals surface area contributed by atoms with Crippen LogP contribution < -0.4 is 0 Å². The van der Waals surface area contributed by atoms with Crippen molar-refractivity contribution in [1.29, 1.82) is 0 Å². The van der Waals surface area contributed by atoms with Crippen molar-refractivity contribution < 1.29 is 17.1 Å². The Labute approximate surface area is 261 Å². The van der Waals surface area contributed by atoms with Crippen LogP contribution in [0.5, 0.6) is 0 Å². The molecule has 0 N–H and O–H groups in total. The van der Waals surface area contributed by atoms with Crippen LogP contribution in [0.4, 0.5) is 0 Å². The van der Waals surface area contributed by atoms with Crippen molar-refractivity contribution in [2.45, 2.75) is 13.8 Å². The Morgan fingerprint density at radius 1 is 0.465 bits per heavy atom. The third-order valence-electron chi connectivity index (χ3n) is 6.99. The van der Waals surface area contributed by atoms with Crippen LogP contribution in [0, 0.1) is 19.9 Å². The van der Waals surface area contributed by atoms with E-state index in [1.165, 1.54) is 21.9 Å². The zero-order valence-corrected chi connectivity index (χ0v) is 24.9. The van der Waals surface area contributed by atoms with Gasteiger partial charge in [0.15, 0.2) is 0 Å². The fourth-order valence-electron chi connectivity index (χ4n) is 4.99. The van der Waals surface area contributed by atoms with Gasteiger partial charge in [-0.3, -0.25) is 19.9 Å². The number of benzene rings is 3. The second-order valence-corrected chi connectivity index (χ2v) is 9.83. The van der Waals surface area contributed by atoms with E-state index in [4.69, 9.17) is 0 Å². The first-order chi connectivity index (χ1) is 20.7. The van der Waals surface area contributed by atoms with Crippen LogP contribution in [0.1, 0.15) is 11.1 Å². The van der Waals surface area contributed by atoms with E-state index >= 15 is 0 Å². The van der Waals surface area contributed by atoms with Gasteiger partial charge in [0.25, 0.3) is 0 Å². The second kappa shape index (κ2) is 13.8. The summed E-state index contributed by atoms with van der Waals surface area (Å²) in [6.45, 7) is 4.22. The minimum Gasteiger partial charge on any atom is -0.305 e. The zero-order valence-electron chi connectivity index (χ0n) is 23.8. The summed E-state index contributed by atoms with van der Waals surface area (Å²) in [6, 6.07) is 37.3. The molecule has 0 saturated carbocycles. The molecule has 0 aliphatic rings. The van der Waals surface area contributed by atoms with E-state index in [1.54, 1.807) is 6.20 Å². The van der Waals surface area contributed by atoms with Crippen molar-refractivity contribution >= 4 is 43.6 Å². The number of fused-ring (bicyclic) bond motifs is 6. The van der Waals surface area contributed by atoms with Crippen LogP contribution in [0.3, 0.4) is 0 Å². The van der Waals surface area contributed by atoms with Crippen LogP contribution in [-0.2, 0) is 17.1 Å². The molecule has 6 heteroatoms. The Bertz CT molecular complexity index is 1960. The molecule has 3 aromatic carbocycles. The van der Waals surface area contributed by atoms with Gasteiger partial charge in [-0.15, -0.1) is 35.9 Å². The molecule has 0 unspecified atom stereocenters. The first-order valence-electron chi connectivity index (χ1n) is 13.8. The fourth-order valence-corrected chi connectivity index (χ4v) is 4.99. The van der Waals surface area contributed by atoms with Crippen molar-refractivity contribution in [2.24, 2.45) is 0 Å². The molecule has 0 amide bonds. The largest absolute Gasteiger partial charge is 0.305 e. The SMILES string of the molecule is Cc1cc2cccnc2c2ncccc12.Cc1cc2cccnc2c2ncccc12.[Fe].[c-]1ccccc1-c1ccccn1. The van der Waals surface area contributed by atoms with E-state index in [0.717, 1.165) is 44.1 Å². The van der Waals surface area contributed by atoms with Crippen LogP contribution in [0.15, 0.2) is 134 Å². The molecule has 43 heavy (non-hydrogen) atoms. The Kier molecular flexibility index (Phi) is 9.42. The summed E-state index contributed by atoms with van der Waals surface area (Å²) in [5, 5.41) is 4.68. The Morgan fingerprint density at radius 3 is 1.44 bits per heavy atom. The Hall–Kier alpha value is -5.03. The maximum Gasteiger partial charge on any atom is 0.0967 e. The molecule has 0 bridgehead atoms. The molecule has 0 saturated heterocycles. The number of hydrogen-bond donors (Lipinski definition) is 0. The summed E-state index contributed by atoms with van der Waals surface area (Å²) < 4.78 is 0. The molecule has 210 valence electrons. The fraction of sp³-hybridized carbons (Fsp3) is 0.0541. The maximum atomic E-state index is 4.41. The average molecular weight is 599 g/mol. The van der Waals surface area contributed by atoms with Gasteiger partial charge in [0.2, 0.25) is 0 Å². The van der Waals surface area contributed by atoms with Crippen LogP contribution >= 0.6 is 0 Å². The van der Waals surface area contributed by atoms with Gasteiger partial charge in [-0.2, -0.15) is 0 Å². The molecule has 5 nitrogen and oxygen atoms in total. The summed E-state index contributed by atoms with van der Waals surface area (Å²) in [5.74, 6) is 0. The predicted molar refractivity (Wildman–Crippen MR) is 172 cm³/mol. The molecule has 0 aliphatic carbocycles. The second-order valence-electron chi connectivity index (χ2n) is 9.83. The van der Waals surface area contributed by atoms with Gasteiger partial charge in [-0.25, -0.2) is 0 Å². The number of pyridine rings is 5. The smallest absolute Gasteiger partial charge is 0.0967 e. The van der Waals surface area contributed by atoms with Crippen LogP contribution in [-0.4, -0.2) is 24.9 Å².